The Bertz CT molecular complexity index is 248. The first-order valence-electron chi connectivity index (χ1n) is 7.86. The van der Waals surface area contributed by atoms with Crippen LogP contribution in [0.2, 0.25) is 0 Å². The first-order chi connectivity index (χ1) is 9.67. The fourth-order valence-corrected chi connectivity index (χ4v) is 2.52. The first kappa shape index (κ1) is 23.6. The van der Waals surface area contributed by atoms with Crippen LogP contribution in [0.5, 0.6) is 0 Å². The van der Waals surface area contributed by atoms with Crippen LogP contribution >= 0.6 is 35.7 Å². The summed E-state index contributed by atoms with van der Waals surface area (Å²) in [7, 11) is 1.84. The number of rotatable bonds is 11. The maximum absolute atomic E-state index is 4.28. The summed E-state index contributed by atoms with van der Waals surface area (Å²) in [5.74, 6) is 2.13. The molecule has 0 saturated heterocycles. The van der Waals surface area contributed by atoms with E-state index in [9.17, 15) is 0 Å². The third-order valence-electron chi connectivity index (χ3n) is 3.43. The highest BCUT2D eigenvalue weighted by Gasteiger charge is 2.06. The summed E-state index contributed by atoms with van der Waals surface area (Å²) in [4.78, 5) is 6.75. The lowest BCUT2D eigenvalue weighted by atomic mass is 10.2. The van der Waals surface area contributed by atoms with Crippen molar-refractivity contribution in [3.05, 3.63) is 0 Å². The molecule has 1 unspecified atom stereocenters. The second kappa shape index (κ2) is 16.7. The van der Waals surface area contributed by atoms with Gasteiger partial charge in [-0.1, -0.05) is 13.8 Å². The van der Waals surface area contributed by atoms with Gasteiger partial charge in [0, 0.05) is 19.6 Å². The zero-order valence-electron chi connectivity index (χ0n) is 14.4. The highest BCUT2D eigenvalue weighted by atomic mass is 127. The van der Waals surface area contributed by atoms with Gasteiger partial charge in [-0.05, 0) is 57.8 Å². The van der Waals surface area contributed by atoms with Gasteiger partial charge in [-0.15, -0.1) is 24.0 Å². The van der Waals surface area contributed by atoms with Crippen LogP contribution in [0, 0.1) is 0 Å². The van der Waals surface area contributed by atoms with Crippen molar-refractivity contribution in [2.24, 2.45) is 4.99 Å². The Hall–Kier alpha value is 0.310. The molecule has 0 bridgehead atoms. The van der Waals surface area contributed by atoms with Crippen molar-refractivity contribution in [1.82, 2.24) is 15.5 Å². The molecule has 0 fully saturated rings. The van der Waals surface area contributed by atoms with Crippen LogP contribution < -0.4 is 10.6 Å². The average Bonchev–Trinajstić information content (AvgIpc) is 2.46. The van der Waals surface area contributed by atoms with Gasteiger partial charge in [0.05, 0.1) is 0 Å². The predicted octanol–water partition coefficient (Wildman–Crippen LogP) is 3.03. The Morgan fingerprint density at radius 2 is 1.90 bits per heavy atom. The molecule has 0 aromatic heterocycles. The maximum Gasteiger partial charge on any atom is 0.191 e. The molecule has 0 aromatic rings. The number of guanidine groups is 1. The van der Waals surface area contributed by atoms with Crippen LogP contribution in [0.25, 0.3) is 0 Å². The smallest absolute Gasteiger partial charge is 0.191 e. The minimum absolute atomic E-state index is 0. The molecule has 0 aliphatic carbocycles. The van der Waals surface area contributed by atoms with Crippen molar-refractivity contribution in [1.29, 1.82) is 0 Å². The van der Waals surface area contributed by atoms with Crippen molar-refractivity contribution in [2.45, 2.75) is 46.1 Å². The minimum atomic E-state index is 0. The molecule has 0 amide bonds. The molecule has 4 nitrogen and oxygen atoms in total. The highest BCUT2D eigenvalue weighted by molar-refractivity contribution is 14.0. The summed E-state index contributed by atoms with van der Waals surface area (Å²) in [6.07, 6.45) is 5.74. The Morgan fingerprint density at radius 3 is 2.43 bits per heavy atom. The highest BCUT2D eigenvalue weighted by Crippen LogP contribution is 1.99. The van der Waals surface area contributed by atoms with Gasteiger partial charge in [-0.3, -0.25) is 4.99 Å². The van der Waals surface area contributed by atoms with Crippen LogP contribution in [0.3, 0.4) is 0 Å². The topological polar surface area (TPSA) is 39.7 Å². The second-order valence-corrected chi connectivity index (χ2v) is 6.05. The zero-order chi connectivity index (χ0) is 15.2. The molecule has 0 aliphatic heterocycles. The third-order valence-corrected chi connectivity index (χ3v) is 4.13. The number of nitrogens with zero attached hydrogens (tertiary/aromatic N) is 2. The van der Waals surface area contributed by atoms with E-state index in [0.29, 0.717) is 6.04 Å². The van der Waals surface area contributed by atoms with E-state index < -0.39 is 0 Å². The summed E-state index contributed by atoms with van der Waals surface area (Å²) in [5, 5.41) is 6.84. The van der Waals surface area contributed by atoms with Crippen molar-refractivity contribution in [3.8, 4) is 0 Å². The molecular weight excluding hydrogens is 395 g/mol. The summed E-state index contributed by atoms with van der Waals surface area (Å²) in [6.45, 7) is 11.2. The van der Waals surface area contributed by atoms with E-state index in [1.807, 2.05) is 18.8 Å². The normalized spacial score (nSPS) is 13.0. The Kier molecular flexibility index (Phi) is 18.7. The average molecular weight is 430 g/mol. The van der Waals surface area contributed by atoms with Gasteiger partial charge in [0.2, 0.25) is 0 Å². The predicted molar refractivity (Wildman–Crippen MR) is 109 cm³/mol. The molecule has 2 N–H and O–H groups in total. The first-order valence-corrected chi connectivity index (χ1v) is 9.25. The van der Waals surface area contributed by atoms with Crippen LogP contribution in [0.1, 0.15) is 40.0 Å². The number of nitrogens with one attached hydrogen (secondary N) is 2. The van der Waals surface area contributed by atoms with Gasteiger partial charge >= 0.3 is 0 Å². The van der Waals surface area contributed by atoms with Crippen LogP contribution in [-0.2, 0) is 0 Å². The van der Waals surface area contributed by atoms with Gasteiger partial charge in [-0.25, -0.2) is 0 Å². The quantitative estimate of drug-likeness (QED) is 0.229. The van der Waals surface area contributed by atoms with Crippen molar-refractivity contribution >= 4 is 41.7 Å². The summed E-state index contributed by atoms with van der Waals surface area (Å²) < 4.78 is 0. The standard InChI is InChI=1S/C15H34N4S.HI/c1-6-19(7-2)12-8-10-14(3)18-15(16-4)17-11-9-13-20-5;/h14H,6-13H2,1-5H3,(H2,16,17,18);1H. The minimum Gasteiger partial charge on any atom is -0.356 e. The van der Waals surface area contributed by atoms with Gasteiger partial charge in [0.25, 0.3) is 0 Å². The number of halogens is 1. The number of thioether (sulfide) groups is 1. The van der Waals surface area contributed by atoms with Gasteiger partial charge in [-0.2, -0.15) is 11.8 Å². The van der Waals surface area contributed by atoms with E-state index in [1.54, 1.807) is 0 Å². The van der Waals surface area contributed by atoms with Crippen LogP contribution in [0.15, 0.2) is 4.99 Å². The van der Waals surface area contributed by atoms with Crippen molar-refractivity contribution < 1.29 is 0 Å². The van der Waals surface area contributed by atoms with Crippen molar-refractivity contribution in [2.75, 3.05) is 45.2 Å². The fourth-order valence-electron chi connectivity index (χ4n) is 2.08. The molecule has 0 rings (SSSR count). The zero-order valence-corrected chi connectivity index (χ0v) is 17.6. The molecule has 0 aliphatic rings. The molecule has 6 heteroatoms. The van der Waals surface area contributed by atoms with E-state index in [0.717, 1.165) is 25.6 Å². The molecule has 0 spiro atoms. The second-order valence-electron chi connectivity index (χ2n) is 5.06. The summed E-state index contributed by atoms with van der Waals surface area (Å²) >= 11 is 1.89. The van der Waals surface area contributed by atoms with Gasteiger partial charge < -0.3 is 15.5 Å². The molecule has 1 atom stereocenters. The third kappa shape index (κ3) is 13.7. The molecule has 21 heavy (non-hydrogen) atoms. The maximum atomic E-state index is 4.28. The van der Waals surface area contributed by atoms with Crippen molar-refractivity contribution in [3.63, 3.8) is 0 Å². The Balaban J connectivity index is 0. The number of aliphatic imine (C=N–C) groups is 1. The Morgan fingerprint density at radius 1 is 1.24 bits per heavy atom. The van der Waals surface area contributed by atoms with Gasteiger partial charge in [0.15, 0.2) is 5.96 Å². The van der Waals surface area contributed by atoms with Crippen LogP contribution in [-0.4, -0.2) is 62.1 Å². The van der Waals surface area contributed by atoms with E-state index in [-0.39, 0.29) is 24.0 Å². The van der Waals surface area contributed by atoms with E-state index in [4.69, 9.17) is 0 Å². The molecule has 128 valence electrons. The summed E-state index contributed by atoms with van der Waals surface area (Å²) in [6, 6.07) is 0.470. The molecule has 0 radical (unpaired) electrons. The van der Waals surface area contributed by atoms with E-state index in [1.165, 1.54) is 31.6 Å². The molecule has 0 saturated carbocycles. The van der Waals surface area contributed by atoms with E-state index >= 15 is 0 Å². The molecular formula is C15H35IN4S. The SMILES string of the molecule is CCN(CC)CCCC(C)NC(=NC)NCCCSC.I. The Labute approximate surface area is 153 Å². The number of hydrogen-bond acceptors (Lipinski definition) is 3. The lowest BCUT2D eigenvalue weighted by Gasteiger charge is -2.21. The molecule has 0 aromatic carbocycles. The van der Waals surface area contributed by atoms with E-state index in [2.05, 4.69) is 47.6 Å². The largest absolute Gasteiger partial charge is 0.356 e. The molecule has 0 heterocycles. The lowest BCUT2D eigenvalue weighted by molar-refractivity contribution is 0.292. The van der Waals surface area contributed by atoms with Crippen LogP contribution in [0.4, 0.5) is 0 Å². The number of hydrogen-bond donors (Lipinski definition) is 2. The van der Waals surface area contributed by atoms with Gasteiger partial charge in [0.1, 0.15) is 0 Å². The lowest BCUT2D eigenvalue weighted by Crippen LogP contribution is -2.42. The fraction of sp³-hybridized carbons (Fsp3) is 0.933. The monoisotopic (exact) mass is 430 g/mol. The summed E-state index contributed by atoms with van der Waals surface area (Å²) in [5.41, 5.74) is 0.